The van der Waals surface area contributed by atoms with Crippen LogP contribution in [-0.4, -0.2) is 9.97 Å². The molecular formula is C22H13BrN2. The largest absolute Gasteiger partial charge is 0.245 e. The van der Waals surface area contributed by atoms with Crippen molar-refractivity contribution in [3.63, 3.8) is 0 Å². The van der Waals surface area contributed by atoms with Crippen molar-refractivity contribution in [1.29, 1.82) is 0 Å². The van der Waals surface area contributed by atoms with E-state index in [1.165, 1.54) is 21.5 Å². The van der Waals surface area contributed by atoms with E-state index in [9.17, 15) is 0 Å². The standard InChI is InChI=1S/C22H13BrN2/c23-20-11-5-10-19(24-20)22-17-13-12-14-6-1-2-7-15(14)21(17)16-8-3-4-9-18(16)25-22/h1-13H. The Morgan fingerprint density at radius 2 is 1.40 bits per heavy atom. The first kappa shape index (κ1) is 14.6. The van der Waals surface area contributed by atoms with E-state index in [1.807, 2.05) is 24.3 Å². The van der Waals surface area contributed by atoms with E-state index >= 15 is 0 Å². The third-order valence-corrected chi connectivity index (χ3v) is 4.99. The molecule has 0 N–H and O–H groups in total. The molecule has 0 aliphatic rings. The highest BCUT2D eigenvalue weighted by Crippen LogP contribution is 2.36. The molecule has 0 unspecified atom stereocenters. The molecule has 0 radical (unpaired) electrons. The van der Waals surface area contributed by atoms with E-state index < -0.39 is 0 Å². The smallest absolute Gasteiger partial charge is 0.106 e. The van der Waals surface area contributed by atoms with Gasteiger partial charge >= 0.3 is 0 Å². The lowest BCUT2D eigenvalue weighted by Crippen LogP contribution is -1.92. The minimum atomic E-state index is 0.814. The first-order valence-corrected chi connectivity index (χ1v) is 8.94. The maximum Gasteiger partial charge on any atom is 0.106 e. The molecule has 118 valence electrons. The van der Waals surface area contributed by atoms with Crippen LogP contribution in [-0.2, 0) is 0 Å². The summed E-state index contributed by atoms with van der Waals surface area (Å²) >= 11 is 3.47. The Bertz CT molecular complexity index is 1250. The first-order valence-electron chi connectivity index (χ1n) is 8.14. The Balaban J connectivity index is 2.03. The van der Waals surface area contributed by atoms with Gasteiger partial charge in [-0.3, -0.25) is 0 Å². The zero-order valence-electron chi connectivity index (χ0n) is 13.3. The maximum absolute atomic E-state index is 4.94. The predicted octanol–water partition coefficient (Wildman–Crippen LogP) is 6.37. The Morgan fingerprint density at radius 3 is 2.28 bits per heavy atom. The van der Waals surface area contributed by atoms with E-state index in [4.69, 9.17) is 4.98 Å². The Kier molecular flexibility index (Phi) is 3.28. The number of hydrogen-bond acceptors (Lipinski definition) is 2. The van der Waals surface area contributed by atoms with Crippen LogP contribution in [0.2, 0.25) is 0 Å². The molecular weight excluding hydrogens is 372 g/mol. The normalized spacial score (nSPS) is 11.4. The summed E-state index contributed by atoms with van der Waals surface area (Å²) in [5, 5.41) is 6.02. The van der Waals surface area contributed by atoms with Gasteiger partial charge in [0.15, 0.2) is 0 Å². The van der Waals surface area contributed by atoms with Crippen LogP contribution in [0.25, 0.3) is 43.8 Å². The fourth-order valence-electron chi connectivity index (χ4n) is 3.46. The number of nitrogens with zero attached hydrogens (tertiary/aromatic N) is 2. The SMILES string of the molecule is Brc1cccc(-c2nc3ccccc3c3c2ccc2ccccc23)n1. The monoisotopic (exact) mass is 384 g/mol. The zero-order chi connectivity index (χ0) is 16.8. The van der Waals surface area contributed by atoms with Gasteiger partial charge in [0, 0.05) is 16.2 Å². The Morgan fingerprint density at radius 1 is 0.600 bits per heavy atom. The van der Waals surface area contributed by atoms with Crippen molar-refractivity contribution < 1.29 is 0 Å². The fourth-order valence-corrected chi connectivity index (χ4v) is 3.80. The van der Waals surface area contributed by atoms with Crippen LogP contribution in [0.1, 0.15) is 0 Å². The fraction of sp³-hybridized carbons (Fsp3) is 0. The molecule has 2 nitrogen and oxygen atoms in total. The minimum absolute atomic E-state index is 0.814. The van der Waals surface area contributed by atoms with Crippen molar-refractivity contribution in [2.45, 2.75) is 0 Å². The minimum Gasteiger partial charge on any atom is -0.245 e. The van der Waals surface area contributed by atoms with Gasteiger partial charge in [-0.05, 0) is 44.9 Å². The summed E-state index contributed by atoms with van der Waals surface area (Å²) in [6.07, 6.45) is 0. The van der Waals surface area contributed by atoms with Crippen molar-refractivity contribution in [2.75, 3.05) is 0 Å². The average molecular weight is 385 g/mol. The molecule has 0 fully saturated rings. The topological polar surface area (TPSA) is 25.8 Å². The number of aromatic nitrogens is 2. The average Bonchev–Trinajstić information content (AvgIpc) is 2.67. The molecule has 0 aliphatic carbocycles. The van der Waals surface area contributed by atoms with Crippen LogP contribution in [0.3, 0.4) is 0 Å². The molecule has 0 spiro atoms. The van der Waals surface area contributed by atoms with Crippen molar-refractivity contribution in [1.82, 2.24) is 9.97 Å². The number of rotatable bonds is 1. The molecule has 2 aromatic heterocycles. The van der Waals surface area contributed by atoms with Crippen LogP contribution < -0.4 is 0 Å². The Labute approximate surface area is 153 Å². The predicted molar refractivity (Wildman–Crippen MR) is 108 cm³/mol. The number of pyridine rings is 2. The maximum atomic E-state index is 4.94. The summed E-state index contributed by atoms with van der Waals surface area (Å²) in [6, 6.07) is 27.1. The molecule has 0 saturated heterocycles. The van der Waals surface area contributed by atoms with Gasteiger partial charge in [-0.2, -0.15) is 0 Å². The molecule has 3 aromatic carbocycles. The van der Waals surface area contributed by atoms with Crippen LogP contribution in [0.5, 0.6) is 0 Å². The van der Waals surface area contributed by atoms with Gasteiger partial charge < -0.3 is 0 Å². The van der Waals surface area contributed by atoms with Crippen LogP contribution in [0.4, 0.5) is 0 Å². The highest BCUT2D eigenvalue weighted by atomic mass is 79.9. The summed E-state index contributed by atoms with van der Waals surface area (Å²) in [4.78, 5) is 9.57. The summed E-state index contributed by atoms with van der Waals surface area (Å²) in [5.41, 5.74) is 2.78. The van der Waals surface area contributed by atoms with Gasteiger partial charge in [0.25, 0.3) is 0 Å². The van der Waals surface area contributed by atoms with Gasteiger partial charge in [-0.1, -0.05) is 60.7 Å². The summed E-state index contributed by atoms with van der Waals surface area (Å²) < 4.78 is 0.814. The first-order chi connectivity index (χ1) is 12.3. The lowest BCUT2D eigenvalue weighted by Gasteiger charge is -2.12. The van der Waals surface area contributed by atoms with Gasteiger partial charge in [0.05, 0.1) is 16.9 Å². The van der Waals surface area contributed by atoms with E-state index in [-0.39, 0.29) is 0 Å². The molecule has 5 rings (SSSR count). The third kappa shape index (κ3) is 2.31. The Hall–Kier alpha value is -2.78. The number of halogens is 1. The molecule has 0 atom stereocenters. The lowest BCUT2D eigenvalue weighted by molar-refractivity contribution is 1.25. The van der Waals surface area contributed by atoms with Crippen LogP contribution in [0, 0.1) is 0 Å². The number of benzene rings is 3. The van der Waals surface area contributed by atoms with Crippen molar-refractivity contribution in [3.8, 4) is 11.4 Å². The van der Waals surface area contributed by atoms with Crippen LogP contribution in [0.15, 0.2) is 83.5 Å². The van der Waals surface area contributed by atoms with Gasteiger partial charge in [-0.15, -0.1) is 0 Å². The third-order valence-electron chi connectivity index (χ3n) is 4.55. The molecule has 0 amide bonds. The van der Waals surface area contributed by atoms with Gasteiger partial charge in [-0.25, -0.2) is 9.97 Å². The zero-order valence-corrected chi connectivity index (χ0v) is 14.9. The number of hydrogen-bond donors (Lipinski definition) is 0. The second-order valence-corrected chi connectivity index (χ2v) is 6.84. The summed E-state index contributed by atoms with van der Waals surface area (Å²) in [7, 11) is 0. The molecule has 5 aromatic rings. The molecule has 0 aliphatic heterocycles. The van der Waals surface area contributed by atoms with Gasteiger partial charge in [0.1, 0.15) is 4.60 Å². The van der Waals surface area contributed by atoms with Crippen molar-refractivity contribution in [3.05, 3.63) is 83.5 Å². The van der Waals surface area contributed by atoms with E-state index in [2.05, 4.69) is 75.5 Å². The molecule has 0 saturated carbocycles. The lowest BCUT2D eigenvalue weighted by atomic mass is 9.96. The van der Waals surface area contributed by atoms with Crippen molar-refractivity contribution in [2.24, 2.45) is 0 Å². The highest BCUT2D eigenvalue weighted by Gasteiger charge is 2.13. The number of fused-ring (bicyclic) bond motifs is 5. The van der Waals surface area contributed by atoms with E-state index in [0.717, 1.165) is 26.9 Å². The molecule has 3 heteroatoms. The molecule has 2 heterocycles. The van der Waals surface area contributed by atoms with Crippen LogP contribution >= 0.6 is 15.9 Å². The van der Waals surface area contributed by atoms with Crippen molar-refractivity contribution >= 4 is 48.4 Å². The van der Waals surface area contributed by atoms with E-state index in [0.29, 0.717) is 0 Å². The summed E-state index contributed by atoms with van der Waals surface area (Å²) in [6.45, 7) is 0. The highest BCUT2D eigenvalue weighted by molar-refractivity contribution is 9.10. The molecule has 25 heavy (non-hydrogen) atoms. The molecule has 0 bridgehead atoms. The second kappa shape index (κ2) is 5.64. The van der Waals surface area contributed by atoms with E-state index in [1.54, 1.807) is 0 Å². The second-order valence-electron chi connectivity index (χ2n) is 6.03. The summed E-state index contributed by atoms with van der Waals surface area (Å²) in [5.74, 6) is 0. The number of para-hydroxylation sites is 1. The van der Waals surface area contributed by atoms with Gasteiger partial charge in [0.2, 0.25) is 0 Å². The quantitative estimate of drug-likeness (QED) is 0.248.